The number of carbonyl (C=O) groups is 1. The molecule has 2 aromatic carbocycles. The van der Waals surface area contributed by atoms with Crippen LogP contribution >= 0.6 is 11.6 Å². The number of halogens is 1. The van der Waals surface area contributed by atoms with E-state index in [0.717, 1.165) is 34.8 Å². The number of amides is 1. The molecule has 0 fully saturated rings. The van der Waals surface area contributed by atoms with E-state index >= 15 is 0 Å². The van der Waals surface area contributed by atoms with Gasteiger partial charge >= 0.3 is 17.7 Å². The van der Waals surface area contributed by atoms with Crippen LogP contribution in [0.4, 0.5) is 0 Å². The van der Waals surface area contributed by atoms with Gasteiger partial charge in [-0.2, -0.15) is 0 Å². The summed E-state index contributed by atoms with van der Waals surface area (Å²) in [7, 11) is 0. The number of fused-ring (bicyclic) bond motifs is 5. The van der Waals surface area contributed by atoms with Crippen LogP contribution in [0, 0.1) is 0 Å². The molecule has 1 amide bonds. The summed E-state index contributed by atoms with van der Waals surface area (Å²) in [4.78, 5) is 20.4. The Labute approximate surface area is 170 Å². The zero-order valence-corrected chi connectivity index (χ0v) is 16.4. The number of nitrogens with one attached hydrogen (secondary N) is 1. The summed E-state index contributed by atoms with van der Waals surface area (Å²) in [6, 6.07) is 14.9. The number of pyridine rings is 1. The molecule has 0 unspecified atom stereocenters. The predicted octanol–water partition coefficient (Wildman–Crippen LogP) is 4.75. The van der Waals surface area contributed by atoms with E-state index in [0.29, 0.717) is 17.1 Å². The third-order valence-electron chi connectivity index (χ3n) is 5.00. The predicted molar refractivity (Wildman–Crippen MR) is 113 cm³/mol. The summed E-state index contributed by atoms with van der Waals surface area (Å²) in [6.07, 6.45) is 2.78. The van der Waals surface area contributed by atoms with Crippen molar-refractivity contribution in [1.29, 1.82) is 0 Å². The molecule has 0 bridgehead atoms. The van der Waals surface area contributed by atoms with E-state index in [4.69, 9.17) is 11.6 Å². The van der Waals surface area contributed by atoms with Crippen LogP contribution in [-0.4, -0.2) is 26.7 Å². The van der Waals surface area contributed by atoms with E-state index in [9.17, 15) is 4.79 Å². The molecule has 0 saturated carbocycles. The fourth-order valence-corrected chi connectivity index (χ4v) is 4.42. The average molecular weight is 408 g/mol. The lowest BCUT2D eigenvalue weighted by atomic mass is 10.1. The first kappa shape index (κ1) is 17.4. The maximum atomic E-state index is 12.2. The first-order valence-corrected chi connectivity index (χ1v) is 10.1. The van der Waals surface area contributed by atoms with Crippen LogP contribution in [0.25, 0.3) is 21.8 Å². The number of benzene rings is 2. The lowest BCUT2D eigenvalue weighted by Crippen LogP contribution is -2.26. The lowest BCUT2D eigenvalue weighted by Gasteiger charge is -2.13. The van der Waals surface area contributed by atoms with Gasteiger partial charge in [-0.3, -0.25) is 9.78 Å². The second-order valence-corrected chi connectivity index (χ2v) is 8.05. The second-order valence-electron chi connectivity index (χ2n) is 6.75. The molecule has 5 nitrogen and oxygen atoms in total. The highest BCUT2D eigenvalue weighted by molar-refractivity contribution is 7.66. The maximum absolute atomic E-state index is 12.2. The molecule has 28 heavy (non-hydrogen) atoms. The molecule has 4 aromatic rings. The van der Waals surface area contributed by atoms with Gasteiger partial charge in [-0.15, -0.1) is 0 Å². The molecule has 3 heterocycles. The van der Waals surface area contributed by atoms with Crippen molar-refractivity contribution in [3.05, 3.63) is 76.6 Å². The number of rotatable bonds is 2. The largest absolute Gasteiger partial charge is 0.450 e. The minimum absolute atomic E-state index is 0.208. The standard InChI is InChI=1S/C21H16ClN4OS/c22-14-6-7-15-19(10-14)23-11-16-17-12-26(9-8-18(17)24-20(15)16)28-25-21(27)13-4-2-1-3-5-13/h1-7,10-11,24H,8-9,12H2/q+1. The fourth-order valence-electron chi connectivity index (χ4n) is 3.60. The second kappa shape index (κ2) is 7.05. The SMILES string of the molecule is O=C(N=[S+]N1CCc2[nH]c3c(cnc4cc(Cl)ccc43)c2C1)c1ccccc1. The molecule has 1 aliphatic rings. The van der Waals surface area contributed by atoms with Gasteiger partial charge in [0.15, 0.2) is 0 Å². The van der Waals surface area contributed by atoms with Crippen LogP contribution in [0.2, 0.25) is 5.02 Å². The van der Waals surface area contributed by atoms with Gasteiger partial charge in [-0.25, -0.2) is 0 Å². The zero-order chi connectivity index (χ0) is 19.1. The van der Waals surface area contributed by atoms with Crippen molar-refractivity contribution in [3.8, 4) is 0 Å². The van der Waals surface area contributed by atoms with Crippen LogP contribution < -0.4 is 0 Å². The molecule has 1 aliphatic heterocycles. The van der Waals surface area contributed by atoms with E-state index in [-0.39, 0.29) is 5.91 Å². The Morgan fingerprint density at radius 1 is 1.18 bits per heavy atom. The van der Waals surface area contributed by atoms with Gasteiger partial charge in [-0.1, -0.05) is 29.8 Å². The van der Waals surface area contributed by atoms with Gasteiger partial charge in [0.1, 0.15) is 0 Å². The molecular formula is C21H16ClN4OS+. The van der Waals surface area contributed by atoms with E-state index < -0.39 is 0 Å². The van der Waals surface area contributed by atoms with Crippen LogP contribution in [0.3, 0.4) is 0 Å². The zero-order valence-electron chi connectivity index (χ0n) is 14.9. The first-order chi connectivity index (χ1) is 13.7. The minimum Gasteiger partial charge on any atom is -0.357 e. The Kier molecular flexibility index (Phi) is 4.39. The van der Waals surface area contributed by atoms with Gasteiger partial charge in [0.25, 0.3) is 0 Å². The Morgan fingerprint density at radius 3 is 2.89 bits per heavy atom. The van der Waals surface area contributed by atoms with Crippen molar-refractivity contribution in [2.24, 2.45) is 4.36 Å². The number of aromatic amines is 1. The molecular weight excluding hydrogens is 392 g/mol. The van der Waals surface area contributed by atoms with Gasteiger partial charge in [0.05, 0.1) is 28.5 Å². The molecule has 0 atom stereocenters. The van der Waals surface area contributed by atoms with Crippen molar-refractivity contribution in [3.63, 3.8) is 0 Å². The Hall–Kier alpha value is -2.67. The highest BCUT2D eigenvalue weighted by atomic mass is 35.5. The summed E-state index contributed by atoms with van der Waals surface area (Å²) in [5.74, 6) is -0.208. The molecule has 5 rings (SSSR count). The van der Waals surface area contributed by atoms with Crippen molar-refractivity contribution in [2.75, 3.05) is 6.54 Å². The lowest BCUT2D eigenvalue weighted by molar-refractivity contribution is 0.100. The van der Waals surface area contributed by atoms with E-state index in [1.54, 1.807) is 12.1 Å². The monoisotopic (exact) mass is 407 g/mol. The van der Waals surface area contributed by atoms with Crippen LogP contribution in [-0.2, 0) is 24.7 Å². The van der Waals surface area contributed by atoms with Crippen molar-refractivity contribution in [1.82, 2.24) is 14.3 Å². The molecule has 7 heteroatoms. The van der Waals surface area contributed by atoms with Crippen molar-refractivity contribution in [2.45, 2.75) is 13.0 Å². The number of hydrogen-bond donors (Lipinski definition) is 1. The summed E-state index contributed by atoms with van der Waals surface area (Å²) in [5.41, 5.74) is 5.03. The third kappa shape index (κ3) is 3.09. The topological polar surface area (TPSA) is 61.4 Å². The summed E-state index contributed by atoms with van der Waals surface area (Å²) in [6.45, 7) is 1.54. The number of carbonyl (C=O) groups excluding carboxylic acids is 1. The normalized spacial score (nSPS) is 14.8. The van der Waals surface area contributed by atoms with Crippen LogP contribution in [0.1, 0.15) is 21.6 Å². The van der Waals surface area contributed by atoms with Gasteiger partial charge < -0.3 is 4.98 Å². The third-order valence-corrected chi connectivity index (χ3v) is 6.03. The molecule has 1 N–H and O–H groups in total. The summed E-state index contributed by atoms with van der Waals surface area (Å²) >= 11 is 7.34. The summed E-state index contributed by atoms with van der Waals surface area (Å²) in [5, 5.41) is 2.87. The minimum atomic E-state index is -0.208. The summed E-state index contributed by atoms with van der Waals surface area (Å²) < 4.78 is 6.29. The molecule has 2 aromatic heterocycles. The van der Waals surface area contributed by atoms with Crippen LogP contribution in [0.15, 0.2) is 59.1 Å². The van der Waals surface area contributed by atoms with Crippen molar-refractivity contribution < 1.29 is 4.79 Å². The number of H-pyrrole nitrogens is 1. The average Bonchev–Trinajstić information content (AvgIpc) is 3.10. The fraction of sp³-hybridized carbons (Fsp3) is 0.143. The number of hydrogen-bond acceptors (Lipinski definition) is 2. The Balaban J connectivity index is 1.45. The highest BCUT2D eigenvalue weighted by Gasteiger charge is 2.28. The van der Waals surface area contributed by atoms with Gasteiger partial charge in [0.2, 0.25) is 0 Å². The molecule has 0 aliphatic carbocycles. The molecule has 0 radical (unpaired) electrons. The smallest absolute Gasteiger partial charge is 0.357 e. The number of nitrogens with zero attached hydrogens (tertiary/aromatic N) is 3. The quantitative estimate of drug-likeness (QED) is 0.385. The van der Waals surface area contributed by atoms with Gasteiger partial charge in [-0.05, 0) is 34.6 Å². The van der Waals surface area contributed by atoms with Crippen molar-refractivity contribution >= 4 is 51.1 Å². The Morgan fingerprint density at radius 2 is 2.04 bits per heavy atom. The van der Waals surface area contributed by atoms with E-state index in [2.05, 4.69) is 18.6 Å². The van der Waals surface area contributed by atoms with Crippen LogP contribution in [0.5, 0.6) is 0 Å². The highest BCUT2D eigenvalue weighted by Crippen LogP contribution is 2.32. The molecule has 0 spiro atoms. The first-order valence-electron chi connectivity index (χ1n) is 8.99. The maximum Gasteiger partial charge on any atom is 0.450 e. The Bertz CT molecular complexity index is 1240. The molecule has 138 valence electrons. The van der Waals surface area contributed by atoms with Gasteiger partial charge in [0, 0.05) is 45.2 Å². The molecule has 0 saturated heterocycles. The number of aromatic nitrogens is 2. The van der Waals surface area contributed by atoms with E-state index in [1.807, 2.05) is 42.6 Å². The van der Waals surface area contributed by atoms with E-state index in [1.165, 1.54) is 23.0 Å².